The smallest absolute Gasteiger partial charge is 0.410 e. The molecule has 0 atom stereocenters. The van der Waals surface area contributed by atoms with Crippen LogP contribution < -0.4 is 0 Å². The Kier molecular flexibility index (Phi) is 9.21. The summed E-state index contributed by atoms with van der Waals surface area (Å²) in [5.41, 5.74) is 2.16. The summed E-state index contributed by atoms with van der Waals surface area (Å²) in [6.07, 6.45) is -1.96. The summed E-state index contributed by atoms with van der Waals surface area (Å²) in [5, 5.41) is 10.5. The maximum absolute atomic E-state index is 12.2. The van der Waals surface area contributed by atoms with Crippen LogP contribution >= 0.6 is 11.8 Å². The van der Waals surface area contributed by atoms with Crippen LogP contribution in [0.1, 0.15) is 5.56 Å². The summed E-state index contributed by atoms with van der Waals surface area (Å²) in [6, 6.07) is 16.7. The van der Waals surface area contributed by atoms with Crippen LogP contribution in [-0.4, -0.2) is 40.6 Å². The van der Waals surface area contributed by atoms with Gasteiger partial charge in [0, 0.05) is 16.6 Å². The Hall–Kier alpha value is -2.50. The second-order valence-corrected chi connectivity index (χ2v) is 8.14. The standard InChI is InChI=1S/C9H8F3NOS.C8H7N.CH4O3S/c1-6-2-4-7(5-3-6)15-8(13-14)9(10,11)12;1-2-4-8-7(3-1)5-6-9-8;1-5(2,3)4/h2-5,14H,1H3;1-6,9H;1H3,(H,2,3,4). The van der Waals surface area contributed by atoms with E-state index in [2.05, 4.69) is 28.3 Å². The third-order valence-electron chi connectivity index (χ3n) is 3.03. The van der Waals surface area contributed by atoms with Crippen molar-refractivity contribution in [3.8, 4) is 0 Å². The lowest BCUT2D eigenvalue weighted by Gasteiger charge is -2.07. The molecule has 29 heavy (non-hydrogen) atoms. The highest BCUT2D eigenvalue weighted by atomic mass is 32.2. The highest BCUT2D eigenvalue weighted by Crippen LogP contribution is 2.30. The number of aromatic nitrogens is 1. The molecule has 1 aromatic heterocycles. The largest absolute Gasteiger partial charge is 0.443 e. The van der Waals surface area contributed by atoms with Crippen molar-refractivity contribution in [1.82, 2.24) is 4.98 Å². The zero-order chi connectivity index (χ0) is 22.1. The molecule has 6 nitrogen and oxygen atoms in total. The van der Waals surface area contributed by atoms with Gasteiger partial charge in [0.25, 0.3) is 10.1 Å². The third kappa shape index (κ3) is 10.6. The van der Waals surface area contributed by atoms with Crippen molar-refractivity contribution in [1.29, 1.82) is 0 Å². The summed E-state index contributed by atoms with van der Waals surface area (Å²) < 4.78 is 62.4. The first-order valence-corrected chi connectivity index (χ1v) is 10.5. The molecule has 0 amide bonds. The number of halogens is 3. The number of thioether (sulfide) groups is 1. The molecular weight excluding hydrogens is 429 g/mol. The Morgan fingerprint density at radius 3 is 2.10 bits per heavy atom. The van der Waals surface area contributed by atoms with Crippen molar-refractivity contribution in [2.45, 2.75) is 18.0 Å². The average Bonchev–Trinajstić information content (AvgIpc) is 3.08. The fraction of sp³-hybridized carbons (Fsp3) is 0.167. The molecule has 3 aromatic rings. The topological polar surface area (TPSA) is 103 Å². The minimum Gasteiger partial charge on any atom is -0.410 e. The van der Waals surface area contributed by atoms with Crippen molar-refractivity contribution < 1.29 is 31.3 Å². The molecule has 0 saturated heterocycles. The Morgan fingerprint density at radius 2 is 1.62 bits per heavy atom. The molecule has 0 aliphatic heterocycles. The molecule has 3 N–H and O–H groups in total. The Morgan fingerprint density at radius 1 is 1.07 bits per heavy atom. The lowest BCUT2D eigenvalue weighted by molar-refractivity contribution is -0.0573. The van der Waals surface area contributed by atoms with Gasteiger partial charge in [-0.1, -0.05) is 52.8 Å². The predicted octanol–water partition coefficient (Wildman–Crippen LogP) is 5.11. The highest BCUT2D eigenvalue weighted by molar-refractivity contribution is 8.14. The minimum atomic E-state index is -4.62. The van der Waals surface area contributed by atoms with Gasteiger partial charge in [-0.05, 0) is 36.6 Å². The number of fused-ring (bicyclic) bond motifs is 1. The zero-order valence-corrected chi connectivity index (χ0v) is 17.0. The second-order valence-electron chi connectivity index (χ2n) is 5.62. The minimum absolute atomic E-state index is 0.379. The van der Waals surface area contributed by atoms with Gasteiger partial charge >= 0.3 is 6.18 Å². The van der Waals surface area contributed by atoms with Gasteiger partial charge < -0.3 is 10.2 Å². The molecule has 0 aliphatic carbocycles. The molecule has 0 saturated carbocycles. The zero-order valence-electron chi connectivity index (χ0n) is 15.4. The number of H-pyrrole nitrogens is 1. The summed E-state index contributed by atoms with van der Waals surface area (Å²) in [7, 11) is -3.67. The van der Waals surface area contributed by atoms with Crippen molar-refractivity contribution in [2.24, 2.45) is 5.16 Å². The van der Waals surface area contributed by atoms with Crippen LogP contribution in [0.3, 0.4) is 0 Å². The molecule has 11 heteroatoms. The van der Waals surface area contributed by atoms with Crippen LogP contribution in [0.4, 0.5) is 13.2 Å². The fourth-order valence-corrected chi connectivity index (χ4v) is 2.50. The number of aryl methyl sites for hydroxylation is 1. The number of hydrogen-bond acceptors (Lipinski definition) is 5. The van der Waals surface area contributed by atoms with E-state index in [9.17, 15) is 21.6 Å². The number of alkyl halides is 3. The monoisotopic (exact) mass is 448 g/mol. The molecule has 0 aliphatic rings. The molecule has 0 bridgehead atoms. The Balaban J connectivity index is 0.000000252. The number of aromatic amines is 1. The quantitative estimate of drug-likeness (QED) is 0.120. The van der Waals surface area contributed by atoms with Crippen molar-refractivity contribution in [3.05, 3.63) is 66.4 Å². The molecule has 158 valence electrons. The van der Waals surface area contributed by atoms with Gasteiger partial charge in [0.05, 0.1) is 6.26 Å². The molecular formula is C18H19F3N2O4S2. The number of rotatable bonds is 1. The van der Waals surface area contributed by atoms with Crippen LogP contribution in [-0.2, 0) is 10.1 Å². The Labute approximate surface area is 170 Å². The summed E-state index contributed by atoms with van der Waals surface area (Å²) in [6.45, 7) is 1.83. The maximum Gasteiger partial charge on any atom is 0.443 e. The van der Waals surface area contributed by atoms with Crippen LogP contribution in [0.5, 0.6) is 0 Å². The van der Waals surface area contributed by atoms with Gasteiger partial charge in [-0.3, -0.25) is 4.55 Å². The molecule has 3 rings (SSSR count). The van der Waals surface area contributed by atoms with Gasteiger partial charge in [-0.25, -0.2) is 0 Å². The van der Waals surface area contributed by atoms with E-state index in [1.165, 1.54) is 23.0 Å². The second kappa shape index (κ2) is 10.9. The summed E-state index contributed by atoms with van der Waals surface area (Å²) in [5.74, 6) is 0. The maximum atomic E-state index is 12.2. The number of oxime groups is 1. The molecule has 1 heterocycles. The van der Waals surface area contributed by atoms with Crippen LogP contribution in [0.15, 0.2) is 70.8 Å². The fourth-order valence-electron chi connectivity index (χ4n) is 1.85. The van der Waals surface area contributed by atoms with Crippen LogP contribution in [0.2, 0.25) is 0 Å². The van der Waals surface area contributed by atoms with Crippen LogP contribution in [0.25, 0.3) is 10.9 Å². The first-order chi connectivity index (χ1) is 13.4. The third-order valence-corrected chi connectivity index (χ3v) is 4.05. The van der Waals surface area contributed by atoms with E-state index in [-0.39, 0.29) is 0 Å². The molecule has 2 aromatic carbocycles. The first-order valence-electron chi connectivity index (χ1n) is 7.88. The van der Waals surface area contributed by atoms with Crippen LogP contribution in [0, 0.1) is 6.92 Å². The van der Waals surface area contributed by atoms with E-state index in [4.69, 9.17) is 9.76 Å². The Bertz CT molecular complexity index is 993. The van der Waals surface area contributed by atoms with E-state index in [0.29, 0.717) is 22.9 Å². The summed E-state index contributed by atoms with van der Waals surface area (Å²) in [4.78, 5) is 3.50. The van der Waals surface area contributed by atoms with E-state index < -0.39 is 21.3 Å². The SMILES string of the molecule is CS(=O)(=O)O.Cc1ccc(SC(=NO)C(F)(F)F)cc1.c1ccc2[nH]ccc2c1. The summed E-state index contributed by atoms with van der Waals surface area (Å²) >= 11 is 0.379. The van der Waals surface area contributed by atoms with Gasteiger partial charge in [-0.2, -0.15) is 21.6 Å². The molecule has 0 unspecified atom stereocenters. The van der Waals surface area contributed by atoms with Gasteiger partial charge in [0.15, 0.2) is 0 Å². The predicted molar refractivity (Wildman–Crippen MR) is 108 cm³/mol. The number of hydrogen-bond donors (Lipinski definition) is 3. The molecule has 0 fully saturated rings. The average molecular weight is 448 g/mol. The highest BCUT2D eigenvalue weighted by Gasteiger charge is 2.37. The van der Waals surface area contributed by atoms with Crippen molar-refractivity contribution >= 4 is 37.8 Å². The van der Waals surface area contributed by atoms with E-state index >= 15 is 0 Å². The molecule has 0 radical (unpaired) electrons. The lowest BCUT2D eigenvalue weighted by Crippen LogP contribution is -2.19. The van der Waals surface area contributed by atoms with Crippen molar-refractivity contribution in [3.63, 3.8) is 0 Å². The van der Waals surface area contributed by atoms with Gasteiger partial charge in [0.1, 0.15) is 0 Å². The number of para-hydroxylation sites is 1. The van der Waals surface area contributed by atoms with Gasteiger partial charge in [0.2, 0.25) is 5.04 Å². The van der Waals surface area contributed by atoms with E-state index in [0.717, 1.165) is 5.56 Å². The first kappa shape index (κ1) is 24.5. The van der Waals surface area contributed by atoms with E-state index in [1.807, 2.05) is 25.3 Å². The van der Waals surface area contributed by atoms with Crippen molar-refractivity contribution in [2.75, 3.05) is 6.26 Å². The number of benzene rings is 2. The molecule has 0 spiro atoms. The normalized spacial score (nSPS) is 11.9. The van der Waals surface area contributed by atoms with Gasteiger partial charge in [-0.15, -0.1) is 0 Å². The number of nitrogens with zero attached hydrogens (tertiary/aromatic N) is 1. The van der Waals surface area contributed by atoms with E-state index in [1.54, 1.807) is 12.1 Å². The lowest BCUT2D eigenvalue weighted by atomic mass is 10.2. The number of nitrogens with one attached hydrogen (secondary N) is 1.